The second kappa shape index (κ2) is 6.75. The summed E-state index contributed by atoms with van der Waals surface area (Å²) in [4.78, 5) is 16.5. The molecule has 24 heavy (non-hydrogen) atoms. The first kappa shape index (κ1) is 18.2. The van der Waals surface area contributed by atoms with E-state index in [1.807, 2.05) is 45.0 Å². The lowest BCUT2D eigenvalue weighted by Crippen LogP contribution is -2.26. The molecule has 1 aromatic carbocycles. The molecule has 0 spiro atoms. The third-order valence-corrected chi connectivity index (χ3v) is 3.76. The Morgan fingerprint density at radius 1 is 1.04 bits per heavy atom. The van der Waals surface area contributed by atoms with Crippen LogP contribution in [0.1, 0.15) is 69.2 Å². The molecule has 0 saturated heterocycles. The van der Waals surface area contributed by atoms with Gasteiger partial charge in [-0.3, -0.25) is 4.79 Å². The van der Waals surface area contributed by atoms with E-state index in [9.17, 15) is 4.79 Å². The van der Waals surface area contributed by atoms with E-state index < -0.39 is 0 Å². The number of benzene rings is 1. The highest BCUT2D eigenvalue weighted by atomic mass is 16.5. The van der Waals surface area contributed by atoms with E-state index >= 15 is 0 Å². The summed E-state index contributed by atoms with van der Waals surface area (Å²) in [7, 11) is 0. The number of hydrogen-bond donors (Lipinski definition) is 1. The van der Waals surface area contributed by atoms with Gasteiger partial charge in [-0.2, -0.15) is 4.98 Å². The quantitative estimate of drug-likeness (QED) is 0.930. The fourth-order valence-electron chi connectivity index (χ4n) is 2.17. The minimum absolute atomic E-state index is 0.0817. The van der Waals surface area contributed by atoms with E-state index in [-0.39, 0.29) is 16.7 Å². The van der Waals surface area contributed by atoms with Crippen LogP contribution < -0.4 is 5.32 Å². The topological polar surface area (TPSA) is 68.0 Å². The number of aromatic nitrogens is 2. The van der Waals surface area contributed by atoms with Gasteiger partial charge in [-0.15, -0.1) is 0 Å². The smallest absolute Gasteiger partial charge is 0.251 e. The second-order valence-electron chi connectivity index (χ2n) is 8.10. The lowest BCUT2D eigenvalue weighted by Gasteiger charge is -2.19. The van der Waals surface area contributed by atoms with Crippen LogP contribution >= 0.6 is 0 Å². The fourth-order valence-corrected chi connectivity index (χ4v) is 2.17. The molecule has 0 unspecified atom stereocenters. The predicted molar refractivity (Wildman–Crippen MR) is 94.2 cm³/mol. The van der Waals surface area contributed by atoms with Gasteiger partial charge in [0.05, 0.1) is 0 Å². The summed E-state index contributed by atoms with van der Waals surface area (Å²) in [5.74, 6) is 1.14. The highest BCUT2D eigenvalue weighted by molar-refractivity contribution is 5.94. The summed E-state index contributed by atoms with van der Waals surface area (Å²) in [6, 6.07) is 7.73. The second-order valence-corrected chi connectivity index (χ2v) is 8.10. The van der Waals surface area contributed by atoms with Crippen LogP contribution in [-0.2, 0) is 17.3 Å². The Labute approximate surface area is 143 Å². The first-order valence-corrected chi connectivity index (χ1v) is 8.29. The zero-order valence-electron chi connectivity index (χ0n) is 15.4. The molecular formula is C19H27N3O2. The van der Waals surface area contributed by atoms with E-state index in [1.165, 1.54) is 5.56 Å². The van der Waals surface area contributed by atoms with Crippen molar-refractivity contribution in [1.82, 2.24) is 15.5 Å². The molecule has 5 nitrogen and oxygen atoms in total. The van der Waals surface area contributed by atoms with Gasteiger partial charge < -0.3 is 9.84 Å². The molecule has 0 aliphatic rings. The Hall–Kier alpha value is -2.17. The summed E-state index contributed by atoms with van der Waals surface area (Å²) in [5.41, 5.74) is 1.79. The van der Waals surface area contributed by atoms with E-state index in [2.05, 4.69) is 36.2 Å². The van der Waals surface area contributed by atoms with Crippen LogP contribution in [0.15, 0.2) is 28.8 Å². The molecule has 1 heterocycles. The lowest BCUT2D eigenvalue weighted by molar-refractivity contribution is 0.0954. The predicted octanol–water partition coefficient (Wildman–Crippen LogP) is 3.64. The summed E-state index contributed by atoms with van der Waals surface area (Å²) in [6.45, 7) is 13.0. The molecule has 2 rings (SSSR count). The first-order valence-electron chi connectivity index (χ1n) is 8.29. The van der Waals surface area contributed by atoms with Crippen LogP contribution in [0.3, 0.4) is 0 Å². The van der Waals surface area contributed by atoms with E-state index in [0.29, 0.717) is 30.2 Å². The van der Waals surface area contributed by atoms with Crippen LogP contribution in [0.2, 0.25) is 0 Å². The van der Waals surface area contributed by atoms with Crippen molar-refractivity contribution < 1.29 is 9.32 Å². The normalized spacial score (nSPS) is 12.2. The van der Waals surface area contributed by atoms with E-state index in [1.54, 1.807) is 0 Å². The maximum absolute atomic E-state index is 12.2. The van der Waals surface area contributed by atoms with E-state index in [0.717, 1.165) is 0 Å². The van der Waals surface area contributed by atoms with Gasteiger partial charge in [-0.05, 0) is 23.1 Å². The number of nitrogens with zero attached hydrogens (tertiary/aromatic N) is 2. The van der Waals surface area contributed by atoms with Crippen molar-refractivity contribution in [3.8, 4) is 0 Å². The molecule has 0 atom stereocenters. The fraction of sp³-hybridized carbons (Fsp3) is 0.526. The Bertz CT molecular complexity index is 689. The Morgan fingerprint density at radius 3 is 2.17 bits per heavy atom. The van der Waals surface area contributed by atoms with Gasteiger partial charge in [-0.1, -0.05) is 58.8 Å². The number of nitrogens with one attached hydrogen (secondary N) is 1. The van der Waals surface area contributed by atoms with Crippen LogP contribution in [0.5, 0.6) is 0 Å². The molecular weight excluding hydrogens is 302 g/mol. The third-order valence-electron chi connectivity index (χ3n) is 3.76. The number of carbonyl (C=O) groups excluding carboxylic acids is 1. The number of amides is 1. The molecule has 0 radical (unpaired) electrons. The highest BCUT2D eigenvalue weighted by Crippen LogP contribution is 2.22. The van der Waals surface area contributed by atoms with Crippen LogP contribution in [-0.4, -0.2) is 22.6 Å². The zero-order chi connectivity index (χ0) is 18.0. The van der Waals surface area contributed by atoms with Crippen LogP contribution in [0, 0.1) is 0 Å². The Morgan fingerprint density at radius 2 is 1.67 bits per heavy atom. The molecule has 1 aromatic heterocycles. The zero-order valence-corrected chi connectivity index (χ0v) is 15.4. The lowest BCUT2D eigenvalue weighted by atomic mass is 9.87. The molecule has 0 aliphatic carbocycles. The maximum atomic E-state index is 12.2. The molecule has 5 heteroatoms. The van der Waals surface area contributed by atoms with Crippen molar-refractivity contribution in [2.24, 2.45) is 0 Å². The summed E-state index contributed by atoms with van der Waals surface area (Å²) in [5, 5.41) is 6.85. The monoisotopic (exact) mass is 329 g/mol. The third kappa shape index (κ3) is 4.66. The number of hydrogen-bond acceptors (Lipinski definition) is 4. The molecule has 130 valence electrons. The minimum Gasteiger partial charge on any atom is -0.352 e. The number of carbonyl (C=O) groups is 1. The van der Waals surface area contributed by atoms with Crippen molar-refractivity contribution in [2.45, 2.75) is 58.8 Å². The summed E-state index contributed by atoms with van der Waals surface area (Å²) >= 11 is 0. The maximum Gasteiger partial charge on any atom is 0.251 e. The van der Waals surface area contributed by atoms with Crippen molar-refractivity contribution in [3.63, 3.8) is 0 Å². The van der Waals surface area contributed by atoms with Gasteiger partial charge in [-0.25, -0.2) is 0 Å². The van der Waals surface area contributed by atoms with E-state index in [4.69, 9.17) is 4.52 Å². The largest absolute Gasteiger partial charge is 0.352 e. The minimum atomic E-state index is -0.163. The van der Waals surface area contributed by atoms with Gasteiger partial charge in [0.25, 0.3) is 5.91 Å². The Kier molecular flexibility index (Phi) is 5.11. The average Bonchev–Trinajstić information content (AvgIpc) is 2.95. The van der Waals surface area contributed by atoms with Crippen molar-refractivity contribution in [1.29, 1.82) is 0 Å². The average molecular weight is 329 g/mol. The van der Waals surface area contributed by atoms with Gasteiger partial charge in [0.1, 0.15) is 0 Å². The summed E-state index contributed by atoms with van der Waals surface area (Å²) < 4.78 is 5.24. The van der Waals surface area contributed by atoms with Crippen LogP contribution in [0.25, 0.3) is 0 Å². The molecule has 1 N–H and O–H groups in total. The first-order chi connectivity index (χ1) is 11.1. The molecule has 0 aliphatic heterocycles. The highest BCUT2D eigenvalue weighted by Gasteiger charge is 2.21. The van der Waals surface area contributed by atoms with Crippen molar-refractivity contribution in [3.05, 3.63) is 47.1 Å². The van der Waals surface area contributed by atoms with Gasteiger partial charge in [0.2, 0.25) is 5.89 Å². The van der Waals surface area contributed by atoms with Crippen LogP contribution in [0.4, 0.5) is 0 Å². The molecule has 2 aromatic rings. The number of rotatable bonds is 4. The molecule has 0 saturated carbocycles. The van der Waals surface area contributed by atoms with Gasteiger partial charge in [0.15, 0.2) is 5.82 Å². The van der Waals surface area contributed by atoms with Gasteiger partial charge >= 0.3 is 0 Å². The molecule has 0 fully saturated rings. The Balaban J connectivity index is 1.88. The molecule has 0 bridgehead atoms. The van der Waals surface area contributed by atoms with Gasteiger partial charge in [0, 0.05) is 23.9 Å². The molecule has 1 amide bonds. The SMILES string of the molecule is CC(C)(C)c1ccc(C(=O)NCCc2noc(C(C)(C)C)n2)cc1. The standard InChI is InChI=1S/C19H27N3O2/c1-18(2,3)14-9-7-13(8-10-14)16(23)20-12-11-15-21-17(24-22-15)19(4,5)6/h7-10H,11-12H2,1-6H3,(H,20,23). The van der Waals surface area contributed by atoms with Crippen molar-refractivity contribution in [2.75, 3.05) is 6.54 Å². The van der Waals surface area contributed by atoms with Crippen molar-refractivity contribution >= 4 is 5.91 Å². The summed E-state index contributed by atoms with van der Waals surface area (Å²) in [6.07, 6.45) is 0.547.